The number of carbonyl (C=O) groups is 1. The summed E-state index contributed by atoms with van der Waals surface area (Å²) in [5.74, 6) is 0. The Morgan fingerprint density at radius 2 is 2.11 bits per heavy atom. The molecule has 0 saturated heterocycles. The van der Waals surface area contributed by atoms with Gasteiger partial charge in [0, 0.05) is 17.8 Å². The number of nitrogens with zero attached hydrogens (tertiary/aromatic N) is 1. The highest BCUT2D eigenvalue weighted by Gasteiger charge is 2.17. The number of benzene rings is 1. The van der Waals surface area contributed by atoms with Gasteiger partial charge in [-0.15, -0.1) is 0 Å². The van der Waals surface area contributed by atoms with Crippen molar-refractivity contribution in [3.63, 3.8) is 0 Å². The van der Waals surface area contributed by atoms with E-state index < -0.39 is 11.0 Å². The number of urea groups is 1. The van der Waals surface area contributed by atoms with Crippen molar-refractivity contribution in [2.24, 2.45) is 0 Å². The van der Waals surface area contributed by atoms with Gasteiger partial charge in [0.15, 0.2) is 0 Å². The number of carbonyl (C=O) groups excluding carboxylic acids is 1. The van der Waals surface area contributed by atoms with Crippen LogP contribution >= 0.6 is 0 Å². The summed E-state index contributed by atoms with van der Waals surface area (Å²) in [7, 11) is 0. The summed E-state index contributed by atoms with van der Waals surface area (Å²) in [6.07, 6.45) is 4.17. The third-order valence-electron chi connectivity index (χ3n) is 2.94. The van der Waals surface area contributed by atoms with Gasteiger partial charge in [0.25, 0.3) is 5.69 Å². The van der Waals surface area contributed by atoms with E-state index in [1.54, 1.807) is 6.07 Å². The van der Waals surface area contributed by atoms with Crippen LogP contribution in [0.25, 0.3) is 0 Å². The Hall–Kier alpha value is -2.15. The fourth-order valence-electron chi connectivity index (χ4n) is 2.00. The summed E-state index contributed by atoms with van der Waals surface area (Å²) in [6.45, 7) is 0. The normalized spacial score (nSPS) is 15.2. The standard InChI is InChI=1S/C12H15N3O4/c16-12(14-19-11-6-1-2-7-11)13-9-4-3-5-10(8-9)15(17)18/h3-5,8,11H,1-2,6-7H2,(H2,13,14,16). The van der Waals surface area contributed by atoms with Crippen LogP contribution in [0.5, 0.6) is 0 Å². The van der Waals surface area contributed by atoms with Crippen LogP contribution < -0.4 is 10.8 Å². The monoisotopic (exact) mass is 265 g/mol. The summed E-state index contributed by atoms with van der Waals surface area (Å²) < 4.78 is 0. The molecular formula is C12H15N3O4. The first kappa shape index (κ1) is 13.3. The first-order chi connectivity index (χ1) is 9.15. The summed E-state index contributed by atoms with van der Waals surface area (Å²) >= 11 is 0. The van der Waals surface area contributed by atoms with E-state index in [0.717, 1.165) is 25.7 Å². The first-order valence-corrected chi connectivity index (χ1v) is 6.12. The van der Waals surface area contributed by atoms with Crippen LogP contribution in [0.15, 0.2) is 24.3 Å². The summed E-state index contributed by atoms with van der Waals surface area (Å²) in [5.41, 5.74) is 2.58. The molecule has 0 heterocycles. The van der Waals surface area contributed by atoms with Crippen molar-refractivity contribution < 1.29 is 14.6 Å². The summed E-state index contributed by atoms with van der Waals surface area (Å²) in [5, 5.41) is 13.1. The Labute approximate surface area is 110 Å². The van der Waals surface area contributed by atoms with Gasteiger partial charge in [-0.05, 0) is 18.9 Å². The van der Waals surface area contributed by atoms with Gasteiger partial charge in [-0.3, -0.25) is 15.0 Å². The van der Waals surface area contributed by atoms with Gasteiger partial charge in [-0.1, -0.05) is 18.9 Å². The topological polar surface area (TPSA) is 93.5 Å². The second-order valence-electron chi connectivity index (χ2n) is 4.39. The van der Waals surface area contributed by atoms with E-state index in [2.05, 4.69) is 10.8 Å². The molecule has 1 aromatic rings. The molecule has 0 spiro atoms. The Morgan fingerprint density at radius 3 is 2.79 bits per heavy atom. The van der Waals surface area contributed by atoms with Crippen LogP contribution in [0.1, 0.15) is 25.7 Å². The van der Waals surface area contributed by atoms with Crippen molar-refractivity contribution >= 4 is 17.4 Å². The highest BCUT2D eigenvalue weighted by Crippen LogP contribution is 2.20. The molecule has 7 heteroatoms. The van der Waals surface area contributed by atoms with Gasteiger partial charge in [0.1, 0.15) is 0 Å². The SMILES string of the molecule is O=C(NOC1CCCC1)Nc1cccc([N+](=O)[O-])c1. The molecule has 102 valence electrons. The van der Waals surface area contributed by atoms with Crippen molar-refractivity contribution in [1.29, 1.82) is 0 Å². The van der Waals surface area contributed by atoms with Crippen molar-refractivity contribution in [2.45, 2.75) is 31.8 Å². The van der Waals surface area contributed by atoms with Crippen molar-refractivity contribution in [3.8, 4) is 0 Å². The molecule has 0 unspecified atom stereocenters. The van der Waals surface area contributed by atoms with Crippen LogP contribution in [-0.4, -0.2) is 17.1 Å². The largest absolute Gasteiger partial charge is 0.343 e. The van der Waals surface area contributed by atoms with Gasteiger partial charge < -0.3 is 5.32 Å². The molecule has 0 aromatic heterocycles. The predicted molar refractivity (Wildman–Crippen MR) is 68.6 cm³/mol. The number of nitro groups is 1. The van der Waals surface area contributed by atoms with Gasteiger partial charge in [-0.25, -0.2) is 10.3 Å². The van der Waals surface area contributed by atoms with Crippen molar-refractivity contribution in [3.05, 3.63) is 34.4 Å². The molecule has 2 rings (SSSR count). The highest BCUT2D eigenvalue weighted by atomic mass is 16.7. The van der Waals surface area contributed by atoms with Gasteiger partial charge in [0.2, 0.25) is 0 Å². The second-order valence-corrected chi connectivity index (χ2v) is 4.39. The zero-order valence-corrected chi connectivity index (χ0v) is 10.3. The molecule has 1 saturated carbocycles. The molecule has 0 radical (unpaired) electrons. The van der Waals surface area contributed by atoms with Crippen molar-refractivity contribution in [2.75, 3.05) is 5.32 Å². The van der Waals surface area contributed by atoms with E-state index in [1.807, 2.05) is 0 Å². The number of hydrogen-bond acceptors (Lipinski definition) is 4. The van der Waals surface area contributed by atoms with Crippen molar-refractivity contribution in [1.82, 2.24) is 5.48 Å². The zero-order chi connectivity index (χ0) is 13.7. The van der Waals surface area contributed by atoms with Gasteiger partial charge in [-0.2, -0.15) is 0 Å². The third kappa shape index (κ3) is 3.92. The molecular weight excluding hydrogens is 250 g/mol. The highest BCUT2D eigenvalue weighted by molar-refractivity contribution is 5.88. The van der Waals surface area contributed by atoms with E-state index in [-0.39, 0.29) is 11.8 Å². The molecule has 1 aliphatic carbocycles. The predicted octanol–water partition coefficient (Wildman–Crippen LogP) is 2.59. The van der Waals surface area contributed by atoms with E-state index in [4.69, 9.17) is 4.84 Å². The molecule has 0 atom stereocenters. The molecule has 1 aromatic carbocycles. The fourth-order valence-corrected chi connectivity index (χ4v) is 2.00. The van der Waals surface area contributed by atoms with Crippen LogP contribution in [0.4, 0.5) is 16.2 Å². The minimum absolute atomic E-state index is 0.0656. The quantitative estimate of drug-likeness (QED) is 0.646. The molecule has 7 nitrogen and oxygen atoms in total. The molecule has 0 aliphatic heterocycles. The zero-order valence-electron chi connectivity index (χ0n) is 10.3. The average Bonchev–Trinajstić information content (AvgIpc) is 2.90. The first-order valence-electron chi connectivity index (χ1n) is 6.12. The smallest absolute Gasteiger partial charge is 0.306 e. The summed E-state index contributed by atoms with van der Waals surface area (Å²) in [6, 6.07) is 5.19. The van der Waals surface area contributed by atoms with E-state index in [0.29, 0.717) is 5.69 Å². The van der Waals surface area contributed by atoms with Crippen LogP contribution in [0.3, 0.4) is 0 Å². The van der Waals surface area contributed by atoms with Gasteiger partial charge >= 0.3 is 6.03 Å². The maximum absolute atomic E-state index is 11.5. The number of hydroxylamine groups is 1. The van der Waals surface area contributed by atoms with Crippen LogP contribution in [0.2, 0.25) is 0 Å². The lowest BCUT2D eigenvalue weighted by Crippen LogP contribution is -2.32. The van der Waals surface area contributed by atoms with Crippen LogP contribution in [-0.2, 0) is 4.84 Å². The molecule has 1 aliphatic rings. The molecule has 2 N–H and O–H groups in total. The number of anilines is 1. The Morgan fingerprint density at radius 1 is 1.37 bits per heavy atom. The summed E-state index contributed by atoms with van der Waals surface area (Å²) in [4.78, 5) is 26.8. The Balaban J connectivity index is 1.84. The average molecular weight is 265 g/mol. The lowest BCUT2D eigenvalue weighted by atomic mass is 10.3. The minimum atomic E-state index is -0.535. The number of nitro benzene ring substituents is 1. The second kappa shape index (κ2) is 6.14. The molecule has 19 heavy (non-hydrogen) atoms. The lowest BCUT2D eigenvalue weighted by Gasteiger charge is -2.12. The number of rotatable bonds is 4. The Bertz CT molecular complexity index is 472. The number of hydrogen-bond donors (Lipinski definition) is 2. The fraction of sp³-hybridized carbons (Fsp3) is 0.417. The van der Waals surface area contributed by atoms with E-state index in [1.165, 1.54) is 18.2 Å². The number of non-ortho nitro benzene ring substituents is 1. The van der Waals surface area contributed by atoms with E-state index >= 15 is 0 Å². The molecule has 1 fully saturated rings. The maximum atomic E-state index is 11.5. The Kier molecular flexibility index (Phi) is 4.30. The number of amides is 2. The van der Waals surface area contributed by atoms with Crippen LogP contribution in [0, 0.1) is 10.1 Å². The molecule has 2 amide bonds. The third-order valence-corrected chi connectivity index (χ3v) is 2.94. The van der Waals surface area contributed by atoms with E-state index in [9.17, 15) is 14.9 Å². The van der Waals surface area contributed by atoms with Gasteiger partial charge in [0.05, 0.1) is 11.0 Å². The number of nitrogens with one attached hydrogen (secondary N) is 2. The minimum Gasteiger partial charge on any atom is -0.306 e. The lowest BCUT2D eigenvalue weighted by molar-refractivity contribution is -0.384. The maximum Gasteiger partial charge on any atom is 0.343 e. The molecule has 0 bridgehead atoms.